The van der Waals surface area contributed by atoms with Crippen LogP contribution in [-0.2, 0) is 4.79 Å². The van der Waals surface area contributed by atoms with Gasteiger partial charge in [0.05, 0.1) is 17.3 Å². The molecule has 0 bridgehead atoms. The number of anilines is 1. The molecule has 1 aliphatic heterocycles. The lowest BCUT2D eigenvalue weighted by Crippen LogP contribution is -2.19. The third-order valence-corrected chi connectivity index (χ3v) is 4.49. The molecule has 3 aromatic rings. The molecule has 0 atom stereocenters. The summed E-state index contributed by atoms with van der Waals surface area (Å²) in [6.45, 7) is 0.115. The predicted molar refractivity (Wildman–Crippen MR) is 92.9 cm³/mol. The molecule has 0 unspecified atom stereocenters. The second-order valence-corrected chi connectivity index (χ2v) is 6.24. The molecule has 128 valence electrons. The molecule has 2 heterocycles. The zero-order valence-corrected chi connectivity index (χ0v) is 14.1. The van der Waals surface area contributed by atoms with Crippen LogP contribution < -0.4 is 24.3 Å². The summed E-state index contributed by atoms with van der Waals surface area (Å²) in [4.78, 5) is 16.4. The molecule has 8 heteroatoms. The maximum Gasteiger partial charge on any atom is 0.264 e. The number of hydrogen-bond donors (Lipinski definition) is 1. The molecule has 1 aliphatic rings. The van der Waals surface area contributed by atoms with Crippen molar-refractivity contribution in [2.45, 2.75) is 0 Å². The summed E-state index contributed by atoms with van der Waals surface area (Å²) >= 11 is 1.37. The number of nitrogens with zero attached hydrogens (tertiary/aromatic N) is 1. The van der Waals surface area contributed by atoms with E-state index in [9.17, 15) is 4.79 Å². The second kappa shape index (κ2) is 6.48. The van der Waals surface area contributed by atoms with Gasteiger partial charge < -0.3 is 18.9 Å². The molecule has 7 nitrogen and oxygen atoms in total. The van der Waals surface area contributed by atoms with E-state index in [0.717, 1.165) is 16.0 Å². The molecule has 25 heavy (non-hydrogen) atoms. The van der Waals surface area contributed by atoms with Gasteiger partial charge in [0.2, 0.25) is 6.79 Å². The minimum atomic E-state index is -0.282. The molecule has 1 amide bonds. The van der Waals surface area contributed by atoms with E-state index in [1.165, 1.54) is 11.3 Å². The lowest BCUT2D eigenvalue weighted by Gasteiger charge is -2.06. The van der Waals surface area contributed by atoms with E-state index in [1.54, 1.807) is 37.4 Å². The highest BCUT2D eigenvalue weighted by atomic mass is 32.1. The van der Waals surface area contributed by atoms with Crippen molar-refractivity contribution >= 4 is 32.6 Å². The number of rotatable bonds is 5. The van der Waals surface area contributed by atoms with Gasteiger partial charge in [-0.1, -0.05) is 11.3 Å². The topological polar surface area (TPSA) is 78.9 Å². The molecule has 0 radical (unpaired) electrons. The number of carbonyl (C=O) groups excluding carboxylic acids is 1. The first-order valence-electron chi connectivity index (χ1n) is 7.48. The van der Waals surface area contributed by atoms with Crippen molar-refractivity contribution in [3.63, 3.8) is 0 Å². The fourth-order valence-electron chi connectivity index (χ4n) is 2.35. The summed E-state index contributed by atoms with van der Waals surface area (Å²) in [7, 11) is 1.59. The molecule has 1 N–H and O–H groups in total. The number of thiazole rings is 1. The Balaban J connectivity index is 1.39. The maximum atomic E-state index is 12.0. The van der Waals surface area contributed by atoms with Crippen LogP contribution >= 0.6 is 11.3 Å². The molecule has 1 aromatic heterocycles. The molecule has 0 saturated carbocycles. The quantitative estimate of drug-likeness (QED) is 0.755. The lowest BCUT2D eigenvalue weighted by atomic mass is 10.3. The molecular formula is C17H14N2O5S. The highest BCUT2D eigenvalue weighted by Gasteiger charge is 2.17. The number of fused-ring (bicyclic) bond motifs is 2. The van der Waals surface area contributed by atoms with Crippen molar-refractivity contribution in [2.75, 3.05) is 25.8 Å². The Morgan fingerprint density at radius 3 is 2.68 bits per heavy atom. The van der Waals surface area contributed by atoms with Crippen LogP contribution in [0.1, 0.15) is 0 Å². The molecule has 0 aliphatic carbocycles. The van der Waals surface area contributed by atoms with Gasteiger partial charge in [-0.25, -0.2) is 4.98 Å². The van der Waals surface area contributed by atoms with Crippen molar-refractivity contribution in [1.29, 1.82) is 0 Å². The van der Waals surface area contributed by atoms with Gasteiger partial charge >= 0.3 is 0 Å². The standard InChI is InChI=1S/C17H14N2O5S/c1-21-10-2-4-11(5-3-10)22-8-16(20)19-17-18-12-6-13-14(24-9-23-13)7-15(12)25-17/h2-7H,8-9H2,1H3,(H,18,19,20). The SMILES string of the molecule is COc1ccc(OCC(=O)Nc2nc3cc4c(cc3s2)OCO4)cc1. The number of aromatic nitrogens is 1. The summed E-state index contributed by atoms with van der Waals surface area (Å²) in [5.41, 5.74) is 0.751. The van der Waals surface area contributed by atoms with Gasteiger partial charge in [-0.05, 0) is 24.3 Å². The Hall–Kier alpha value is -3.00. The van der Waals surface area contributed by atoms with Gasteiger partial charge in [0.25, 0.3) is 5.91 Å². The predicted octanol–water partition coefficient (Wildman–Crippen LogP) is 3.05. The van der Waals surface area contributed by atoms with Crippen LogP contribution in [0.3, 0.4) is 0 Å². The number of ether oxygens (including phenoxy) is 4. The monoisotopic (exact) mass is 358 g/mol. The second-order valence-electron chi connectivity index (χ2n) is 5.20. The number of amides is 1. The third kappa shape index (κ3) is 3.29. The van der Waals surface area contributed by atoms with Crippen molar-refractivity contribution in [2.24, 2.45) is 0 Å². The Labute approximate surface area is 147 Å². The van der Waals surface area contributed by atoms with Crippen molar-refractivity contribution in [3.05, 3.63) is 36.4 Å². The number of hydrogen-bond acceptors (Lipinski definition) is 7. The van der Waals surface area contributed by atoms with Gasteiger partial charge in [0.15, 0.2) is 23.2 Å². The van der Waals surface area contributed by atoms with Crippen LogP contribution in [0, 0.1) is 0 Å². The highest BCUT2D eigenvalue weighted by Crippen LogP contribution is 2.38. The fraction of sp³-hybridized carbons (Fsp3) is 0.176. The van der Waals surface area contributed by atoms with Gasteiger partial charge in [-0.15, -0.1) is 0 Å². The number of carbonyl (C=O) groups is 1. The van der Waals surface area contributed by atoms with E-state index in [4.69, 9.17) is 18.9 Å². The summed E-state index contributed by atoms with van der Waals surface area (Å²) in [6, 6.07) is 10.7. The van der Waals surface area contributed by atoms with Crippen LogP contribution in [0.2, 0.25) is 0 Å². The lowest BCUT2D eigenvalue weighted by molar-refractivity contribution is -0.118. The van der Waals surface area contributed by atoms with Crippen molar-refractivity contribution in [3.8, 4) is 23.0 Å². The molecule has 0 spiro atoms. The minimum absolute atomic E-state index is 0.106. The number of nitrogens with one attached hydrogen (secondary N) is 1. The number of benzene rings is 2. The summed E-state index contributed by atoms with van der Waals surface area (Å²) < 4.78 is 22.1. The Bertz CT molecular complexity index is 882. The van der Waals surface area contributed by atoms with Crippen molar-refractivity contribution < 1.29 is 23.7 Å². The first-order chi connectivity index (χ1) is 12.2. The fourth-order valence-corrected chi connectivity index (χ4v) is 3.24. The van der Waals surface area contributed by atoms with Crippen LogP contribution in [0.4, 0.5) is 5.13 Å². The van der Waals surface area contributed by atoms with Crippen LogP contribution in [0.25, 0.3) is 10.2 Å². The molecule has 0 fully saturated rings. The van der Waals surface area contributed by atoms with Crippen LogP contribution in [0.5, 0.6) is 23.0 Å². The smallest absolute Gasteiger partial charge is 0.264 e. The normalized spacial score (nSPS) is 12.2. The van der Waals surface area contributed by atoms with E-state index in [-0.39, 0.29) is 19.3 Å². The van der Waals surface area contributed by atoms with Gasteiger partial charge in [-0.2, -0.15) is 0 Å². The summed E-state index contributed by atoms with van der Waals surface area (Å²) in [6.07, 6.45) is 0. The summed E-state index contributed by atoms with van der Waals surface area (Å²) in [5.74, 6) is 2.39. The largest absolute Gasteiger partial charge is 0.497 e. The third-order valence-electron chi connectivity index (χ3n) is 3.56. The van der Waals surface area contributed by atoms with Crippen LogP contribution in [-0.4, -0.2) is 31.4 Å². The first kappa shape index (κ1) is 15.5. The average molecular weight is 358 g/mol. The zero-order chi connectivity index (χ0) is 17.2. The van der Waals surface area contributed by atoms with E-state index >= 15 is 0 Å². The van der Waals surface area contributed by atoms with Gasteiger partial charge in [0, 0.05) is 12.1 Å². The molecular weight excluding hydrogens is 344 g/mol. The van der Waals surface area contributed by atoms with Gasteiger partial charge in [-0.3, -0.25) is 10.1 Å². The van der Waals surface area contributed by atoms with Crippen LogP contribution in [0.15, 0.2) is 36.4 Å². The molecule has 2 aromatic carbocycles. The van der Waals surface area contributed by atoms with Crippen molar-refractivity contribution in [1.82, 2.24) is 4.98 Å². The van der Waals surface area contributed by atoms with E-state index in [0.29, 0.717) is 22.4 Å². The highest BCUT2D eigenvalue weighted by molar-refractivity contribution is 7.22. The average Bonchev–Trinajstić information content (AvgIpc) is 3.23. The molecule has 4 rings (SSSR count). The van der Waals surface area contributed by atoms with E-state index in [1.807, 2.05) is 6.07 Å². The molecule has 0 saturated heterocycles. The maximum absolute atomic E-state index is 12.0. The Morgan fingerprint density at radius 1 is 1.20 bits per heavy atom. The van der Waals surface area contributed by atoms with Gasteiger partial charge in [0.1, 0.15) is 11.5 Å². The van der Waals surface area contributed by atoms with E-state index in [2.05, 4.69) is 10.3 Å². The van der Waals surface area contributed by atoms with E-state index < -0.39 is 0 Å². The Kier molecular flexibility index (Phi) is 4.02. The Morgan fingerprint density at radius 2 is 1.92 bits per heavy atom. The number of methoxy groups -OCH3 is 1. The zero-order valence-electron chi connectivity index (χ0n) is 13.3. The summed E-state index contributed by atoms with van der Waals surface area (Å²) in [5, 5.41) is 3.24. The minimum Gasteiger partial charge on any atom is -0.497 e. The first-order valence-corrected chi connectivity index (χ1v) is 8.30.